The van der Waals surface area contributed by atoms with Crippen LogP contribution < -0.4 is 5.32 Å². The summed E-state index contributed by atoms with van der Waals surface area (Å²) in [6.45, 7) is 7.05. The van der Waals surface area contributed by atoms with Crippen molar-refractivity contribution in [2.75, 3.05) is 26.2 Å². The average Bonchev–Trinajstić information content (AvgIpc) is 3.02. The number of aromatic nitrogens is 2. The molecule has 0 aromatic carbocycles. The number of piperidine rings is 1. The van der Waals surface area contributed by atoms with Crippen molar-refractivity contribution in [2.24, 2.45) is 5.92 Å². The Balaban J connectivity index is 0.00000225. The molecule has 7 nitrogen and oxygen atoms in total. The molecule has 1 saturated heterocycles. The van der Waals surface area contributed by atoms with E-state index in [4.69, 9.17) is 4.52 Å². The first-order chi connectivity index (χ1) is 11.6. The minimum absolute atomic E-state index is 0. The molecule has 0 bridgehead atoms. The number of sulfonamides is 1. The number of fused-ring (bicyclic) bond motifs is 1. The largest absolute Gasteiger partial charge is 0.336 e. The second kappa shape index (κ2) is 8.44. The van der Waals surface area contributed by atoms with Crippen molar-refractivity contribution in [1.29, 1.82) is 0 Å². The van der Waals surface area contributed by atoms with Crippen molar-refractivity contribution < 1.29 is 12.9 Å². The smallest absolute Gasteiger partial charge is 0.258 e. The van der Waals surface area contributed by atoms with Gasteiger partial charge in [-0.15, -0.1) is 12.4 Å². The van der Waals surface area contributed by atoms with E-state index >= 15 is 0 Å². The molecule has 1 fully saturated rings. The number of halogens is 1. The van der Waals surface area contributed by atoms with Gasteiger partial charge in [0.15, 0.2) is 0 Å². The highest BCUT2D eigenvalue weighted by Gasteiger charge is 2.30. The minimum Gasteiger partial charge on any atom is -0.336 e. The lowest BCUT2D eigenvalue weighted by Gasteiger charge is -2.31. The van der Waals surface area contributed by atoms with E-state index in [1.165, 1.54) is 6.20 Å². The van der Waals surface area contributed by atoms with Crippen molar-refractivity contribution in [2.45, 2.75) is 38.0 Å². The highest BCUT2D eigenvalue weighted by Crippen LogP contribution is 2.26. The van der Waals surface area contributed by atoms with E-state index in [0.717, 1.165) is 31.6 Å². The van der Waals surface area contributed by atoms with Crippen LogP contribution >= 0.6 is 12.4 Å². The molecule has 1 aliphatic heterocycles. The van der Waals surface area contributed by atoms with Crippen LogP contribution in [-0.2, 0) is 16.4 Å². The van der Waals surface area contributed by atoms with Crippen LogP contribution in [0.4, 0.5) is 0 Å². The zero-order valence-electron chi connectivity index (χ0n) is 14.6. The molecule has 1 aliphatic rings. The Labute approximate surface area is 154 Å². The van der Waals surface area contributed by atoms with Crippen LogP contribution in [0.15, 0.2) is 21.7 Å². The Morgan fingerprint density at radius 3 is 2.68 bits per heavy atom. The molecule has 3 rings (SSSR count). The Hall–Kier alpha value is -1.22. The summed E-state index contributed by atoms with van der Waals surface area (Å²) in [6.07, 6.45) is 3.81. The predicted molar refractivity (Wildman–Crippen MR) is 98.5 cm³/mol. The second-order valence-corrected chi connectivity index (χ2v) is 8.10. The third-order valence-electron chi connectivity index (χ3n) is 4.61. The summed E-state index contributed by atoms with van der Waals surface area (Å²) in [6, 6.07) is 1.64. The van der Waals surface area contributed by atoms with Crippen molar-refractivity contribution in [1.82, 2.24) is 19.8 Å². The number of aryl methyl sites for hydroxylation is 1. The van der Waals surface area contributed by atoms with Crippen LogP contribution in [0.1, 0.15) is 32.4 Å². The summed E-state index contributed by atoms with van der Waals surface area (Å²) in [5.41, 5.74) is 1.12. The topological polar surface area (TPSA) is 88.3 Å². The lowest BCUT2D eigenvalue weighted by molar-refractivity contribution is 0.268. The molecular formula is C16H25ClN4O3S. The fourth-order valence-electron chi connectivity index (χ4n) is 3.11. The SMILES string of the molecule is CCNCC1CCN(S(=O)(=O)c2cnc3onc(CC)c3c2)CC1.Cl. The number of hydrogen-bond acceptors (Lipinski definition) is 6. The van der Waals surface area contributed by atoms with E-state index < -0.39 is 10.0 Å². The van der Waals surface area contributed by atoms with Crippen LogP contribution in [0.3, 0.4) is 0 Å². The lowest BCUT2D eigenvalue weighted by Crippen LogP contribution is -2.40. The van der Waals surface area contributed by atoms with E-state index in [0.29, 0.717) is 36.5 Å². The molecular weight excluding hydrogens is 364 g/mol. The summed E-state index contributed by atoms with van der Waals surface area (Å²) in [5.74, 6) is 0.543. The number of hydrogen-bond donors (Lipinski definition) is 1. The summed E-state index contributed by atoms with van der Waals surface area (Å²) < 4.78 is 32.5. The van der Waals surface area contributed by atoms with Gasteiger partial charge in [-0.1, -0.05) is 19.0 Å². The van der Waals surface area contributed by atoms with Crippen LogP contribution in [0.5, 0.6) is 0 Å². The maximum atomic E-state index is 12.9. The number of pyridine rings is 1. The van der Waals surface area contributed by atoms with Crippen LogP contribution in [0.25, 0.3) is 11.1 Å². The summed E-state index contributed by atoms with van der Waals surface area (Å²) in [4.78, 5) is 4.34. The number of nitrogens with zero attached hydrogens (tertiary/aromatic N) is 3. The average molecular weight is 389 g/mol. The van der Waals surface area contributed by atoms with E-state index in [-0.39, 0.29) is 17.3 Å². The minimum atomic E-state index is -3.52. The highest BCUT2D eigenvalue weighted by molar-refractivity contribution is 7.89. The molecule has 2 aromatic rings. The number of rotatable bonds is 6. The third-order valence-corrected chi connectivity index (χ3v) is 6.47. The molecule has 140 valence electrons. The maximum absolute atomic E-state index is 12.9. The van der Waals surface area contributed by atoms with Crippen LogP contribution in [-0.4, -0.2) is 49.0 Å². The van der Waals surface area contributed by atoms with Gasteiger partial charge >= 0.3 is 0 Å². The molecule has 0 spiro atoms. The molecule has 1 N–H and O–H groups in total. The quantitative estimate of drug-likeness (QED) is 0.816. The van der Waals surface area contributed by atoms with Gasteiger partial charge < -0.3 is 9.84 Å². The van der Waals surface area contributed by atoms with Gasteiger partial charge in [0.05, 0.1) is 17.3 Å². The molecule has 0 atom stereocenters. The van der Waals surface area contributed by atoms with Crippen LogP contribution in [0, 0.1) is 5.92 Å². The van der Waals surface area contributed by atoms with Gasteiger partial charge in [0.1, 0.15) is 4.90 Å². The van der Waals surface area contributed by atoms with Crippen molar-refractivity contribution >= 4 is 33.5 Å². The molecule has 0 radical (unpaired) electrons. The van der Waals surface area contributed by atoms with Crippen molar-refractivity contribution in [3.63, 3.8) is 0 Å². The zero-order valence-corrected chi connectivity index (χ0v) is 16.2. The predicted octanol–water partition coefficient (Wildman–Crippen LogP) is 2.22. The van der Waals surface area contributed by atoms with Gasteiger partial charge in [-0.25, -0.2) is 13.4 Å². The van der Waals surface area contributed by atoms with E-state index in [1.54, 1.807) is 10.4 Å². The molecule has 0 amide bonds. The van der Waals surface area contributed by atoms with E-state index in [9.17, 15) is 8.42 Å². The Kier molecular flexibility index (Phi) is 6.79. The van der Waals surface area contributed by atoms with Crippen molar-refractivity contribution in [3.05, 3.63) is 18.0 Å². The maximum Gasteiger partial charge on any atom is 0.258 e. The van der Waals surface area contributed by atoms with Crippen LogP contribution in [0.2, 0.25) is 0 Å². The molecule has 2 aromatic heterocycles. The number of nitrogens with one attached hydrogen (secondary N) is 1. The second-order valence-electron chi connectivity index (χ2n) is 6.16. The first-order valence-corrected chi connectivity index (χ1v) is 9.95. The highest BCUT2D eigenvalue weighted by atomic mass is 35.5. The molecule has 25 heavy (non-hydrogen) atoms. The van der Waals surface area contributed by atoms with Gasteiger partial charge in [-0.05, 0) is 44.3 Å². The fourth-order valence-corrected chi connectivity index (χ4v) is 4.55. The summed E-state index contributed by atoms with van der Waals surface area (Å²) >= 11 is 0. The summed E-state index contributed by atoms with van der Waals surface area (Å²) in [7, 11) is -3.52. The Morgan fingerprint density at radius 2 is 2.04 bits per heavy atom. The molecule has 9 heteroatoms. The lowest BCUT2D eigenvalue weighted by atomic mass is 9.98. The van der Waals surface area contributed by atoms with Gasteiger partial charge in [0.2, 0.25) is 10.0 Å². The fraction of sp³-hybridized carbons (Fsp3) is 0.625. The van der Waals surface area contributed by atoms with E-state index in [1.807, 2.05) is 6.92 Å². The first kappa shape index (κ1) is 20.1. The monoisotopic (exact) mass is 388 g/mol. The van der Waals surface area contributed by atoms with Gasteiger partial charge in [0.25, 0.3) is 5.71 Å². The molecule has 3 heterocycles. The third kappa shape index (κ3) is 4.13. The zero-order chi connectivity index (χ0) is 17.2. The standard InChI is InChI=1S/C16H24N4O3S.ClH/c1-3-15-14-9-13(11-18-16(14)23-19-15)24(21,22)20-7-5-12(6-8-20)10-17-4-2;/h9,11-12,17H,3-8,10H2,1-2H3;1H. The van der Waals surface area contributed by atoms with Gasteiger partial charge in [0, 0.05) is 13.1 Å². The van der Waals surface area contributed by atoms with E-state index in [2.05, 4.69) is 22.4 Å². The Morgan fingerprint density at radius 1 is 1.32 bits per heavy atom. The first-order valence-electron chi connectivity index (χ1n) is 8.51. The molecule has 0 aliphatic carbocycles. The van der Waals surface area contributed by atoms with Gasteiger partial charge in [-0.3, -0.25) is 0 Å². The molecule has 0 unspecified atom stereocenters. The summed E-state index contributed by atoms with van der Waals surface area (Å²) in [5, 5.41) is 7.95. The van der Waals surface area contributed by atoms with Gasteiger partial charge in [-0.2, -0.15) is 4.31 Å². The van der Waals surface area contributed by atoms with Crippen molar-refractivity contribution in [3.8, 4) is 0 Å². The normalized spacial score (nSPS) is 16.9. The Bertz CT molecular complexity index is 801. The molecule has 0 saturated carbocycles.